The Hall–Kier alpha value is -4.65. The van der Waals surface area contributed by atoms with Gasteiger partial charge in [-0.25, -0.2) is 0 Å². The highest BCUT2D eigenvalue weighted by molar-refractivity contribution is 8.28. The minimum Gasteiger partial charge on any atom is -0.458 e. The second kappa shape index (κ2) is 9.67. The summed E-state index contributed by atoms with van der Waals surface area (Å²) < 4.78 is 20.1. The maximum Gasteiger partial charge on any atom is 0.293 e. The Morgan fingerprint density at radius 3 is 1.80 bits per heavy atom. The average Bonchev–Trinajstić information content (AvgIpc) is 3.36. The van der Waals surface area contributed by atoms with Gasteiger partial charge in [-0.05, 0) is 78.5 Å². The number of hydrogen-bond donors (Lipinski definition) is 0. The number of hydrogen-bond acceptors (Lipinski definition) is 6. The van der Waals surface area contributed by atoms with Crippen LogP contribution >= 0.6 is 23.2 Å². The molecule has 0 bridgehead atoms. The van der Waals surface area contributed by atoms with Crippen LogP contribution < -0.4 is 41.0 Å². The summed E-state index contributed by atoms with van der Waals surface area (Å²) in [7, 11) is 0. The summed E-state index contributed by atoms with van der Waals surface area (Å²) in [5, 5.41) is 0. The average molecular weight is 615 g/mol. The second-order valence-corrected chi connectivity index (χ2v) is 13.9. The van der Waals surface area contributed by atoms with Gasteiger partial charge >= 0.3 is 0 Å². The molecule has 0 N–H and O–H groups in total. The van der Waals surface area contributed by atoms with Gasteiger partial charge in [-0.1, -0.05) is 60.7 Å². The van der Waals surface area contributed by atoms with Crippen LogP contribution in [0.2, 0.25) is 0 Å². The number of rotatable bonds is 1. The molecule has 0 unspecified atom stereocenters. The zero-order chi connectivity index (χ0) is 29.6. The van der Waals surface area contributed by atoms with Crippen molar-refractivity contribution in [2.75, 3.05) is 4.90 Å². The van der Waals surface area contributed by atoms with E-state index in [1.165, 1.54) is 16.4 Å². The lowest BCUT2D eigenvalue weighted by atomic mass is 9.53. The second-order valence-electron chi connectivity index (χ2n) is 11.6. The number of nitrogens with zero attached hydrogens (tertiary/aromatic N) is 1. The molecule has 8 heteroatoms. The molecule has 0 amide bonds. The number of benzene rings is 6. The fourth-order valence-corrected chi connectivity index (χ4v) is 9.68. The molecular formula is C37H23B2NO3S2. The van der Waals surface area contributed by atoms with E-state index in [-0.39, 0.29) is 12.0 Å². The van der Waals surface area contributed by atoms with Gasteiger partial charge in [0.05, 0.1) is 0 Å². The molecule has 4 aliphatic heterocycles. The van der Waals surface area contributed by atoms with Crippen LogP contribution in [0.4, 0.5) is 17.1 Å². The molecule has 0 radical (unpaired) electrons. The van der Waals surface area contributed by atoms with Gasteiger partial charge in [-0.3, -0.25) is 0 Å². The van der Waals surface area contributed by atoms with Gasteiger partial charge in [-0.15, -0.1) is 0 Å². The van der Waals surface area contributed by atoms with Crippen LogP contribution in [-0.2, 0) is 0 Å². The molecule has 0 aliphatic carbocycles. The van der Waals surface area contributed by atoms with Gasteiger partial charge in [0.25, 0.3) is 12.0 Å². The first-order chi connectivity index (χ1) is 22.2. The number of para-hydroxylation sites is 3. The monoisotopic (exact) mass is 615 g/mol. The first-order valence-electron chi connectivity index (χ1n) is 15.1. The third-order valence-corrected chi connectivity index (χ3v) is 11.7. The Kier molecular flexibility index (Phi) is 5.51. The standard InChI is InChI=1S/C37H23B2NO3S2/c1-22-36-24(21-25-37(22)43-31-18-10-17-30-35(31)39(25)45-33-20-8-6-15-28(33)42-30)38-34-26(40(36)23-11-3-2-4-12-23)13-9-16-29(34)41-27-14-5-7-19-32(27)44-38/h2-21H,1H3. The van der Waals surface area contributed by atoms with E-state index in [1.807, 2.05) is 41.4 Å². The predicted molar refractivity (Wildman–Crippen MR) is 187 cm³/mol. The molecule has 0 aromatic heterocycles. The van der Waals surface area contributed by atoms with Crippen molar-refractivity contribution in [1.82, 2.24) is 0 Å². The molecule has 4 heterocycles. The molecule has 6 aromatic rings. The van der Waals surface area contributed by atoms with E-state index in [9.17, 15) is 0 Å². The highest BCUT2D eigenvalue weighted by Gasteiger charge is 2.45. The van der Waals surface area contributed by atoms with Crippen molar-refractivity contribution in [2.45, 2.75) is 16.7 Å². The van der Waals surface area contributed by atoms with E-state index in [0.29, 0.717) is 0 Å². The Labute approximate surface area is 270 Å². The zero-order valence-electron chi connectivity index (χ0n) is 24.2. The molecule has 45 heavy (non-hydrogen) atoms. The zero-order valence-corrected chi connectivity index (χ0v) is 25.8. The van der Waals surface area contributed by atoms with Crippen LogP contribution in [0.1, 0.15) is 5.56 Å². The van der Waals surface area contributed by atoms with E-state index in [0.717, 1.165) is 72.4 Å². The molecule has 0 saturated carbocycles. The van der Waals surface area contributed by atoms with Gasteiger partial charge in [0.2, 0.25) is 0 Å². The first-order valence-corrected chi connectivity index (χ1v) is 16.8. The van der Waals surface area contributed by atoms with Gasteiger partial charge in [0.15, 0.2) is 0 Å². The molecule has 0 saturated heterocycles. The third-order valence-electron chi connectivity index (χ3n) is 9.02. The fourth-order valence-electron chi connectivity index (χ4n) is 7.10. The van der Waals surface area contributed by atoms with Gasteiger partial charge in [0.1, 0.15) is 34.5 Å². The summed E-state index contributed by atoms with van der Waals surface area (Å²) in [5.74, 6) is 5.32. The van der Waals surface area contributed by atoms with Gasteiger partial charge < -0.3 is 19.1 Å². The summed E-state index contributed by atoms with van der Waals surface area (Å²) in [6, 6.07) is 42.3. The quantitative estimate of drug-likeness (QED) is 0.175. The van der Waals surface area contributed by atoms with Crippen molar-refractivity contribution in [3.63, 3.8) is 0 Å². The van der Waals surface area contributed by atoms with Crippen molar-refractivity contribution in [2.24, 2.45) is 0 Å². The normalized spacial score (nSPS) is 14.6. The summed E-state index contributed by atoms with van der Waals surface area (Å²) >= 11 is 3.70. The van der Waals surface area contributed by atoms with Gasteiger partial charge in [0, 0.05) is 43.3 Å². The highest BCUT2D eigenvalue weighted by Crippen LogP contribution is 2.49. The van der Waals surface area contributed by atoms with Crippen molar-refractivity contribution in [1.29, 1.82) is 0 Å². The summed E-state index contributed by atoms with van der Waals surface area (Å²) in [5.41, 5.74) is 9.22. The molecule has 0 spiro atoms. The van der Waals surface area contributed by atoms with Crippen LogP contribution in [-0.4, -0.2) is 12.0 Å². The lowest BCUT2D eigenvalue weighted by Crippen LogP contribution is -2.52. The van der Waals surface area contributed by atoms with E-state index in [1.54, 1.807) is 0 Å². The van der Waals surface area contributed by atoms with Gasteiger partial charge in [-0.2, -0.15) is 23.2 Å². The van der Waals surface area contributed by atoms with Crippen LogP contribution in [0.25, 0.3) is 0 Å². The Morgan fingerprint density at radius 1 is 0.533 bits per heavy atom. The molecular weight excluding hydrogens is 592 g/mol. The largest absolute Gasteiger partial charge is 0.458 e. The summed E-state index contributed by atoms with van der Waals surface area (Å²) in [6.07, 6.45) is 0. The molecule has 212 valence electrons. The molecule has 6 aromatic carbocycles. The predicted octanol–water partition coefficient (Wildman–Crippen LogP) is 7.89. The van der Waals surface area contributed by atoms with Crippen LogP contribution in [0.15, 0.2) is 131 Å². The van der Waals surface area contributed by atoms with Crippen LogP contribution in [0.3, 0.4) is 0 Å². The topological polar surface area (TPSA) is 30.9 Å². The Bertz CT molecular complexity index is 2210. The fraction of sp³-hybridized carbons (Fsp3) is 0.0270. The molecule has 10 rings (SSSR count). The number of anilines is 3. The summed E-state index contributed by atoms with van der Waals surface area (Å²) in [4.78, 5) is 4.65. The molecule has 4 aliphatic rings. The maximum atomic E-state index is 6.88. The lowest BCUT2D eigenvalue weighted by Gasteiger charge is -2.39. The smallest absolute Gasteiger partial charge is 0.293 e. The summed E-state index contributed by atoms with van der Waals surface area (Å²) in [6.45, 7) is 2.22. The van der Waals surface area contributed by atoms with Crippen molar-refractivity contribution in [3.05, 3.63) is 127 Å². The van der Waals surface area contributed by atoms with Crippen LogP contribution in [0, 0.1) is 6.92 Å². The minimum atomic E-state index is 0.00808. The Morgan fingerprint density at radius 2 is 1.09 bits per heavy atom. The highest BCUT2D eigenvalue weighted by atomic mass is 32.2. The number of ether oxygens (including phenoxy) is 3. The number of fused-ring (bicyclic) bond motifs is 6. The maximum absolute atomic E-state index is 6.88. The van der Waals surface area contributed by atoms with Crippen molar-refractivity contribution < 1.29 is 14.2 Å². The Balaban J connectivity index is 1.27. The van der Waals surface area contributed by atoms with E-state index < -0.39 is 0 Å². The SMILES string of the molecule is Cc1c2c(cc3c1N(c1ccccc1)c1cccc4c1B3Sc1ccccc1O4)B1Sc3ccccc3Oc3cccc(c31)O2. The van der Waals surface area contributed by atoms with Crippen molar-refractivity contribution in [3.8, 4) is 34.5 Å². The first kappa shape index (κ1) is 25.7. The molecule has 0 atom stereocenters. The van der Waals surface area contributed by atoms with E-state index in [2.05, 4.69) is 115 Å². The minimum absolute atomic E-state index is 0.00808. The third kappa shape index (κ3) is 3.73. The van der Waals surface area contributed by atoms with E-state index in [4.69, 9.17) is 14.2 Å². The van der Waals surface area contributed by atoms with E-state index >= 15 is 0 Å². The lowest BCUT2D eigenvalue weighted by molar-refractivity contribution is 0.460. The van der Waals surface area contributed by atoms with Crippen LogP contribution in [0.5, 0.6) is 34.5 Å². The molecule has 0 fully saturated rings. The molecule has 4 nitrogen and oxygen atoms in total. The van der Waals surface area contributed by atoms with Crippen molar-refractivity contribution >= 4 is 74.1 Å².